The molecule has 0 bridgehead atoms. The van der Waals surface area contributed by atoms with Crippen molar-refractivity contribution in [1.82, 2.24) is 4.90 Å². The van der Waals surface area contributed by atoms with Crippen LogP contribution in [0.5, 0.6) is 0 Å². The van der Waals surface area contributed by atoms with Gasteiger partial charge in [-0.2, -0.15) is 0 Å². The van der Waals surface area contributed by atoms with Crippen LogP contribution in [0.25, 0.3) is 0 Å². The van der Waals surface area contributed by atoms with Crippen LogP contribution in [0.2, 0.25) is 0 Å². The van der Waals surface area contributed by atoms with Crippen molar-refractivity contribution in [3.05, 3.63) is 0 Å². The fraction of sp³-hybridized carbons (Fsp3) is 0.833. The van der Waals surface area contributed by atoms with Crippen molar-refractivity contribution in [2.24, 2.45) is 11.7 Å². The fourth-order valence-electron chi connectivity index (χ4n) is 2.60. The molecule has 0 radical (unpaired) electrons. The zero-order chi connectivity index (χ0) is 12.4. The minimum Gasteiger partial charge on any atom is -0.393 e. The summed E-state index contributed by atoms with van der Waals surface area (Å²) in [4.78, 5) is 14.6. The summed E-state index contributed by atoms with van der Waals surface area (Å²) in [5.74, 6) is 0.303. The average molecular weight is 256 g/mol. The lowest BCUT2D eigenvalue weighted by atomic mass is 9.97. The predicted molar refractivity (Wildman–Crippen MR) is 69.7 cm³/mol. The molecule has 2 saturated heterocycles. The maximum Gasteiger partial charge on any atom is 0.251 e. The van der Waals surface area contributed by atoms with Crippen LogP contribution >= 0.6 is 12.2 Å². The van der Waals surface area contributed by atoms with Gasteiger partial charge in [-0.1, -0.05) is 12.2 Å². The van der Waals surface area contributed by atoms with Crippen molar-refractivity contribution < 1.29 is 9.53 Å². The van der Waals surface area contributed by atoms with Crippen molar-refractivity contribution in [1.29, 1.82) is 0 Å². The number of amides is 1. The van der Waals surface area contributed by atoms with Crippen molar-refractivity contribution in [2.45, 2.75) is 44.8 Å². The van der Waals surface area contributed by atoms with E-state index in [1.54, 1.807) is 0 Å². The number of likely N-dealkylation sites (tertiary alicyclic amines) is 1. The molecule has 0 aromatic rings. The fourth-order valence-corrected chi connectivity index (χ4v) is 2.79. The van der Waals surface area contributed by atoms with Crippen LogP contribution < -0.4 is 5.73 Å². The highest BCUT2D eigenvalue weighted by atomic mass is 32.1. The molecule has 2 heterocycles. The topological polar surface area (TPSA) is 55.6 Å². The third-order valence-corrected chi connectivity index (χ3v) is 3.98. The van der Waals surface area contributed by atoms with E-state index in [-0.39, 0.29) is 24.0 Å². The predicted octanol–water partition coefficient (Wildman–Crippen LogP) is 1.08. The second-order valence-corrected chi connectivity index (χ2v) is 5.51. The van der Waals surface area contributed by atoms with Gasteiger partial charge < -0.3 is 15.4 Å². The smallest absolute Gasteiger partial charge is 0.251 e. The first-order valence-electron chi connectivity index (χ1n) is 6.31. The van der Waals surface area contributed by atoms with Crippen LogP contribution in [0.1, 0.15) is 32.6 Å². The second kappa shape index (κ2) is 5.31. The van der Waals surface area contributed by atoms with Gasteiger partial charge in [-0.25, -0.2) is 0 Å². The Kier molecular flexibility index (Phi) is 3.99. The zero-order valence-electron chi connectivity index (χ0n) is 10.2. The molecule has 0 aromatic carbocycles. The van der Waals surface area contributed by atoms with Gasteiger partial charge in [0, 0.05) is 19.0 Å². The molecule has 96 valence electrons. The average Bonchev–Trinajstić information content (AvgIpc) is 2.75. The van der Waals surface area contributed by atoms with E-state index in [1.165, 1.54) is 0 Å². The molecule has 2 fully saturated rings. The van der Waals surface area contributed by atoms with Crippen LogP contribution in [-0.2, 0) is 9.53 Å². The Balaban J connectivity index is 1.93. The van der Waals surface area contributed by atoms with Gasteiger partial charge in [0.1, 0.15) is 6.10 Å². The van der Waals surface area contributed by atoms with E-state index >= 15 is 0 Å². The Hall–Kier alpha value is -0.680. The molecule has 0 aliphatic carbocycles. The van der Waals surface area contributed by atoms with Gasteiger partial charge in [0.05, 0.1) is 11.1 Å². The molecular formula is C12H20N2O2S. The van der Waals surface area contributed by atoms with E-state index in [9.17, 15) is 4.79 Å². The monoisotopic (exact) mass is 256 g/mol. The summed E-state index contributed by atoms with van der Waals surface area (Å²) in [6.45, 7) is 3.50. The standard InChI is InChI=1S/C12H20N2O2S/c1-8-4-5-10(16-8)12(15)14-6-2-3-9(7-14)11(13)17/h8-10H,2-7H2,1H3,(H2,13,17). The molecule has 2 aliphatic rings. The highest BCUT2D eigenvalue weighted by molar-refractivity contribution is 7.80. The lowest BCUT2D eigenvalue weighted by Crippen LogP contribution is -2.47. The number of ether oxygens (including phenoxy) is 1. The van der Waals surface area contributed by atoms with Gasteiger partial charge in [0.2, 0.25) is 0 Å². The molecule has 3 atom stereocenters. The lowest BCUT2D eigenvalue weighted by molar-refractivity contribution is -0.143. The van der Waals surface area contributed by atoms with E-state index in [2.05, 4.69) is 0 Å². The van der Waals surface area contributed by atoms with Crippen LogP contribution in [0, 0.1) is 5.92 Å². The molecule has 4 nitrogen and oxygen atoms in total. The second-order valence-electron chi connectivity index (χ2n) is 5.04. The number of thiocarbonyl (C=S) groups is 1. The molecule has 2 N–H and O–H groups in total. The number of hydrogen-bond donors (Lipinski definition) is 1. The summed E-state index contributed by atoms with van der Waals surface area (Å²) in [6.07, 6.45) is 3.77. The van der Waals surface area contributed by atoms with E-state index in [0.29, 0.717) is 11.5 Å². The summed E-state index contributed by atoms with van der Waals surface area (Å²) in [5, 5.41) is 0. The number of nitrogens with zero attached hydrogens (tertiary/aromatic N) is 1. The molecule has 17 heavy (non-hydrogen) atoms. The van der Waals surface area contributed by atoms with Crippen molar-refractivity contribution >= 4 is 23.1 Å². The Morgan fingerprint density at radius 1 is 1.41 bits per heavy atom. The van der Waals surface area contributed by atoms with Gasteiger partial charge in [-0.15, -0.1) is 0 Å². The van der Waals surface area contributed by atoms with E-state index in [4.69, 9.17) is 22.7 Å². The largest absolute Gasteiger partial charge is 0.393 e. The molecule has 0 spiro atoms. The molecule has 2 aliphatic heterocycles. The first-order chi connectivity index (χ1) is 8.08. The Labute approximate surface area is 107 Å². The maximum absolute atomic E-state index is 12.2. The lowest BCUT2D eigenvalue weighted by Gasteiger charge is -2.33. The highest BCUT2D eigenvalue weighted by Gasteiger charge is 2.34. The van der Waals surface area contributed by atoms with Gasteiger partial charge in [-0.3, -0.25) is 4.79 Å². The summed E-state index contributed by atoms with van der Waals surface area (Å²) < 4.78 is 5.62. The Morgan fingerprint density at radius 2 is 2.18 bits per heavy atom. The number of carbonyl (C=O) groups is 1. The van der Waals surface area contributed by atoms with Gasteiger partial charge in [-0.05, 0) is 32.6 Å². The molecule has 0 aromatic heterocycles. The van der Waals surface area contributed by atoms with E-state index in [0.717, 1.165) is 32.2 Å². The third-order valence-electron chi connectivity index (χ3n) is 3.64. The summed E-state index contributed by atoms with van der Waals surface area (Å²) >= 11 is 5.02. The minimum atomic E-state index is -0.241. The molecule has 0 saturated carbocycles. The SMILES string of the molecule is CC1CCC(C(=O)N2CCCC(C(N)=S)C2)O1. The minimum absolute atomic E-state index is 0.121. The molecule has 1 amide bonds. The Morgan fingerprint density at radius 3 is 2.76 bits per heavy atom. The van der Waals surface area contributed by atoms with Crippen LogP contribution in [-0.4, -0.2) is 41.1 Å². The van der Waals surface area contributed by atoms with Crippen molar-refractivity contribution in [2.75, 3.05) is 13.1 Å². The summed E-state index contributed by atoms with van der Waals surface area (Å²) in [5.41, 5.74) is 5.67. The van der Waals surface area contributed by atoms with Gasteiger partial charge in [0.15, 0.2) is 0 Å². The van der Waals surface area contributed by atoms with Crippen LogP contribution in [0.3, 0.4) is 0 Å². The molecule has 5 heteroatoms. The van der Waals surface area contributed by atoms with Gasteiger partial charge >= 0.3 is 0 Å². The van der Waals surface area contributed by atoms with Crippen molar-refractivity contribution in [3.8, 4) is 0 Å². The maximum atomic E-state index is 12.2. The van der Waals surface area contributed by atoms with Gasteiger partial charge in [0.25, 0.3) is 5.91 Å². The van der Waals surface area contributed by atoms with E-state index in [1.807, 2.05) is 11.8 Å². The Bertz CT molecular complexity index is 322. The normalized spacial score (nSPS) is 33.7. The van der Waals surface area contributed by atoms with E-state index < -0.39 is 0 Å². The molecule has 2 rings (SSSR count). The molecule has 3 unspecified atom stereocenters. The first kappa shape index (κ1) is 12.8. The summed E-state index contributed by atoms with van der Waals surface area (Å²) in [7, 11) is 0. The third kappa shape index (κ3) is 2.96. The van der Waals surface area contributed by atoms with Crippen LogP contribution in [0.4, 0.5) is 0 Å². The zero-order valence-corrected chi connectivity index (χ0v) is 11.0. The first-order valence-corrected chi connectivity index (χ1v) is 6.72. The number of rotatable bonds is 2. The summed E-state index contributed by atoms with van der Waals surface area (Å²) in [6, 6.07) is 0. The quantitative estimate of drug-likeness (QED) is 0.751. The number of piperidine rings is 1. The van der Waals surface area contributed by atoms with Crippen LogP contribution in [0.15, 0.2) is 0 Å². The number of nitrogens with two attached hydrogens (primary N) is 1. The number of carbonyl (C=O) groups excluding carboxylic acids is 1. The molecular weight excluding hydrogens is 236 g/mol. The van der Waals surface area contributed by atoms with Crippen molar-refractivity contribution in [3.63, 3.8) is 0 Å². The number of hydrogen-bond acceptors (Lipinski definition) is 3. The highest BCUT2D eigenvalue weighted by Crippen LogP contribution is 2.24.